The summed E-state index contributed by atoms with van der Waals surface area (Å²) in [6, 6.07) is 5.43. The van der Waals surface area contributed by atoms with Gasteiger partial charge in [-0.25, -0.2) is 23.1 Å². The summed E-state index contributed by atoms with van der Waals surface area (Å²) >= 11 is 0. The number of ether oxygens (including phenoxy) is 1. The summed E-state index contributed by atoms with van der Waals surface area (Å²) in [5, 5.41) is 2.62. The number of hydrogen-bond acceptors (Lipinski definition) is 4. The summed E-state index contributed by atoms with van der Waals surface area (Å²) < 4.78 is 47.1. The first-order chi connectivity index (χ1) is 13.4. The predicted octanol–water partition coefficient (Wildman–Crippen LogP) is 4.28. The van der Waals surface area contributed by atoms with Gasteiger partial charge in [-0.2, -0.15) is 0 Å². The Kier molecular flexibility index (Phi) is 4.44. The summed E-state index contributed by atoms with van der Waals surface area (Å²) in [6.45, 7) is 2.11. The van der Waals surface area contributed by atoms with E-state index in [9.17, 15) is 18.0 Å². The highest BCUT2D eigenvalue weighted by Crippen LogP contribution is 2.49. The molecule has 146 valence electrons. The molecule has 3 aromatic heterocycles. The third kappa shape index (κ3) is 3.39. The zero-order valence-electron chi connectivity index (χ0n) is 15.0. The molecule has 1 saturated carbocycles. The molecule has 6 nitrogen and oxygen atoms in total. The number of halogens is 3. The van der Waals surface area contributed by atoms with Gasteiger partial charge in [-0.1, -0.05) is 6.07 Å². The summed E-state index contributed by atoms with van der Waals surface area (Å²) in [7, 11) is 0. The second kappa shape index (κ2) is 6.81. The maximum absolute atomic E-state index is 14.3. The van der Waals surface area contributed by atoms with E-state index in [-0.39, 0.29) is 5.69 Å². The number of alkyl halides is 3. The Hall–Kier alpha value is -3.10. The van der Waals surface area contributed by atoms with Crippen LogP contribution in [0.25, 0.3) is 5.65 Å². The number of imidazole rings is 1. The molecule has 0 spiro atoms. The topological polar surface area (TPSA) is 68.5 Å². The zero-order chi connectivity index (χ0) is 19.9. The number of aromatic nitrogens is 3. The fourth-order valence-electron chi connectivity index (χ4n) is 2.85. The number of nitrogens with one attached hydrogen (secondary N) is 1. The SMILES string of the molecule is CCOc1cc2nc(C3(F)CC3)cn2cc1NC(=O)c1cccc(C(F)F)n1. The van der Waals surface area contributed by atoms with Crippen molar-refractivity contribution in [3.63, 3.8) is 0 Å². The minimum absolute atomic E-state index is 0.146. The monoisotopic (exact) mass is 390 g/mol. The predicted molar refractivity (Wildman–Crippen MR) is 95.5 cm³/mol. The Labute approximate surface area is 158 Å². The van der Waals surface area contributed by atoms with Gasteiger partial charge >= 0.3 is 0 Å². The van der Waals surface area contributed by atoms with E-state index in [4.69, 9.17) is 4.74 Å². The lowest BCUT2D eigenvalue weighted by Gasteiger charge is -2.12. The summed E-state index contributed by atoms with van der Waals surface area (Å²) in [5.41, 5.74) is -0.891. The van der Waals surface area contributed by atoms with Gasteiger partial charge in [0.25, 0.3) is 12.3 Å². The van der Waals surface area contributed by atoms with Crippen LogP contribution in [0.4, 0.5) is 18.9 Å². The van der Waals surface area contributed by atoms with Gasteiger partial charge in [-0.3, -0.25) is 4.79 Å². The first-order valence-electron chi connectivity index (χ1n) is 8.81. The zero-order valence-corrected chi connectivity index (χ0v) is 15.0. The Bertz CT molecular complexity index is 1050. The minimum Gasteiger partial charge on any atom is -0.491 e. The van der Waals surface area contributed by atoms with Crippen LogP contribution >= 0.6 is 0 Å². The van der Waals surface area contributed by atoms with Crippen LogP contribution in [0, 0.1) is 0 Å². The second-order valence-corrected chi connectivity index (χ2v) is 6.54. The first-order valence-corrected chi connectivity index (χ1v) is 8.81. The number of carbonyl (C=O) groups is 1. The standard InChI is InChI=1S/C19H17F3N4O2/c1-2-28-14-8-16-25-15(19(22)6-7-19)10-26(16)9-13(14)24-18(27)12-5-3-4-11(23-12)17(20)21/h3-5,8-10,17H,2,6-7H2,1H3,(H,24,27). The maximum Gasteiger partial charge on any atom is 0.280 e. The number of carbonyl (C=O) groups excluding carboxylic acids is 1. The summed E-state index contributed by atoms with van der Waals surface area (Å²) in [4.78, 5) is 20.5. The van der Waals surface area contributed by atoms with Crippen LogP contribution in [0.5, 0.6) is 5.75 Å². The van der Waals surface area contributed by atoms with Gasteiger partial charge in [-0.05, 0) is 31.9 Å². The molecule has 0 bridgehead atoms. The first kappa shape index (κ1) is 18.3. The molecule has 0 atom stereocenters. The van der Waals surface area contributed by atoms with Crippen molar-refractivity contribution in [2.75, 3.05) is 11.9 Å². The molecule has 4 rings (SSSR count). The van der Waals surface area contributed by atoms with Gasteiger partial charge in [-0.15, -0.1) is 0 Å². The van der Waals surface area contributed by atoms with E-state index in [1.165, 1.54) is 12.1 Å². The molecule has 1 amide bonds. The molecule has 0 radical (unpaired) electrons. The van der Waals surface area contributed by atoms with Gasteiger partial charge in [0.2, 0.25) is 0 Å². The fraction of sp³-hybridized carbons (Fsp3) is 0.316. The smallest absolute Gasteiger partial charge is 0.280 e. The van der Waals surface area contributed by atoms with Crippen LogP contribution < -0.4 is 10.1 Å². The molecule has 3 aromatic rings. The van der Waals surface area contributed by atoms with Gasteiger partial charge in [0.05, 0.1) is 12.3 Å². The fourth-order valence-corrected chi connectivity index (χ4v) is 2.85. The van der Waals surface area contributed by atoms with Crippen molar-refractivity contribution in [1.82, 2.24) is 14.4 Å². The molecule has 0 saturated heterocycles. The van der Waals surface area contributed by atoms with Crippen LogP contribution in [0.1, 0.15) is 48.1 Å². The lowest BCUT2D eigenvalue weighted by atomic mass is 10.2. The molecule has 1 fully saturated rings. The average molecular weight is 390 g/mol. The number of anilines is 1. The van der Waals surface area contributed by atoms with Crippen molar-refractivity contribution in [3.8, 4) is 5.75 Å². The third-order valence-corrected chi connectivity index (χ3v) is 4.48. The summed E-state index contributed by atoms with van der Waals surface area (Å²) in [6.07, 6.45) is 1.22. The molecular weight excluding hydrogens is 373 g/mol. The number of pyridine rings is 2. The van der Waals surface area contributed by atoms with E-state index in [2.05, 4.69) is 15.3 Å². The molecule has 28 heavy (non-hydrogen) atoms. The van der Waals surface area contributed by atoms with Crippen LogP contribution in [0.3, 0.4) is 0 Å². The van der Waals surface area contributed by atoms with E-state index in [0.717, 1.165) is 6.07 Å². The number of amides is 1. The highest BCUT2D eigenvalue weighted by Gasteiger charge is 2.47. The van der Waals surface area contributed by atoms with Gasteiger partial charge < -0.3 is 14.5 Å². The van der Waals surface area contributed by atoms with E-state index in [1.54, 1.807) is 29.8 Å². The summed E-state index contributed by atoms with van der Waals surface area (Å²) in [5.74, 6) is -0.318. The van der Waals surface area contributed by atoms with Crippen LogP contribution in [0.15, 0.2) is 36.7 Å². The minimum atomic E-state index is -2.78. The normalized spacial score (nSPS) is 15.0. The van der Waals surface area contributed by atoms with Crippen LogP contribution in [-0.2, 0) is 5.67 Å². The van der Waals surface area contributed by atoms with Gasteiger partial charge in [0.1, 0.15) is 28.5 Å². The van der Waals surface area contributed by atoms with Crippen molar-refractivity contribution in [2.24, 2.45) is 0 Å². The van der Waals surface area contributed by atoms with E-state index < -0.39 is 23.7 Å². The second-order valence-electron chi connectivity index (χ2n) is 6.54. The molecule has 0 unspecified atom stereocenters. The van der Waals surface area contributed by atoms with Gasteiger partial charge in [0, 0.05) is 18.5 Å². The van der Waals surface area contributed by atoms with Crippen molar-refractivity contribution in [1.29, 1.82) is 0 Å². The Morgan fingerprint density at radius 3 is 2.79 bits per heavy atom. The van der Waals surface area contributed by atoms with Crippen molar-refractivity contribution in [3.05, 3.63) is 53.7 Å². The quantitative estimate of drug-likeness (QED) is 0.682. The Morgan fingerprint density at radius 2 is 2.11 bits per heavy atom. The van der Waals surface area contributed by atoms with E-state index in [1.807, 2.05) is 0 Å². The number of hydrogen-bond donors (Lipinski definition) is 1. The number of nitrogens with zero attached hydrogens (tertiary/aromatic N) is 3. The van der Waals surface area contributed by atoms with Gasteiger partial charge in [0.15, 0.2) is 5.67 Å². The van der Waals surface area contributed by atoms with Crippen molar-refractivity contribution < 1.29 is 22.7 Å². The molecule has 1 aliphatic carbocycles. The largest absolute Gasteiger partial charge is 0.491 e. The lowest BCUT2D eigenvalue weighted by molar-refractivity contribution is 0.101. The van der Waals surface area contributed by atoms with E-state index >= 15 is 0 Å². The molecule has 3 heterocycles. The Morgan fingerprint density at radius 1 is 1.32 bits per heavy atom. The van der Waals surface area contributed by atoms with Crippen LogP contribution in [0.2, 0.25) is 0 Å². The molecule has 1 N–H and O–H groups in total. The molecule has 1 aliphatic rings. The van der Waals surface area contributed by atoms with Crippen LogP contribution in [-0.4, -0.2) is 26.9 Å². The van der Waals surface area contributed by atoms with Crippen molar-refractivity contribution >= 4 is 17.2 Å². The van der Waals surface area contributed by atoms with Crippen molar-refractivity contribution in [2.45, 2.75) is 31.9 Å². The highest BCUT2D eigenvalue weighted by atomic mass is 19.3. The molecular formula is C19H17F3N4O2. The number of rotatable bonds is 6. The molecule has 0 aliphatic heterocycles. The lowest BCUT2D eigenvalue weighted by Crippen LogP contribution is -2.16. The maximum atomic E-state index is 14.3. The third-order valence-electron chi connectivity index (χ3n) is 4.48. The van der Waals surface area contributed by atoms with E-state index in [0.29, 0.717) is 42.2 Å². The molecule has 9 heteroatoms. The highest BCUT2D eigenvalue weighted by molar-refractivity contribution is 6.03. The molecule has 0 aromatic carbocycles. The Balaban J connectivity index is 1.67. The average Bonchev–Trinajstić information content (AvgIpc) is 3.29. The number of fused-ring (bicyclic) bond motifs is 1.